The quantitative estimate of drug-likeness (QED) is 0.874. The molecule has 0 N–H and O–H groups in total. The van der Waals surface area contributed by atoms with Crippen molar-refractivity contribution in [3.8, 4) is 5.75 Å². The van der Waals surface area contributed by atoms with Gasteiger partial charge in [0.2, 0.25) is 0 Å². The van der Waals surface area contributed by atoms with E-state index >= 15 is 0 Å². The number of aryl methyl sites for hydroxylation is 1. The van der Waals surface area contributed by atoms with Crippen LogP contribution in [0.5, 0.6) is 5.75 Å². The summed E-state index contributed by atoms with van der Waals surface area (Å²) in [5, 5.41) is 1.99. The molecule has 1 amide bonds. The molecule has 0 unspecified atom stereocenters. The minimum atomic E-state index is 0.105. The highest BCUT2D eigenvalue weighted by Gasteiger charge is 2.50. The van der Waals surface area contributed by atoms with E-state index < -0.39 is 0 Å². The van der Waals surface area contributed by atoms with Crippen LogP contribution < -0.4 is 4.74 Å². The molecule has 2 aromatic heterocycles. The molecule has 1 aliphatic carbocycles. The van der Waals surface area contributed by atoms with E-state index in [1.807, 2.05) is 35.4 Å². The fourth-order valence-corrected chi connectivity index (χ4v) is 4.53. The van der Waals surface area contributed by atoms with Gasteiger partial charge in [0.25, 0.3) is 5.91 Å². The predicted molar refractivity (Wildman–Crippen MR) is 85.3 cm³/mol. The number of piperidine rings is 1. The second-order valence-electron chi connectivity index (χ2n) is 6.07. The van der Waals surface area contributed by atoms with Gasteiger partial charge in [-0.2, -0.15) is 0 Å². The molecule has 3 heterocycles. The summed E-state index contributed by atoms with van der Waals surface area (Å²) in [7, 11) is 0. The molecule has 1 saturated carbocycles. The largest absolute Gasteiger partial charge is 0.486 e. The fourth-order valence-electron chi connectivity index (χ4n) is 3.65. The van der Waals surface area contributed by atoms with Crippen LogP contribution in [0, 0.1) is 12.8 Å². The number of amides is 1. The van der Waals surface area contributed by atoms with Crippen LogP contribution in [0.25, 0.3) is 0 Å². The first kappa shape index (κ1) is 13.8. The third-order valence-electron chi connectivity index (χ3n) is 4.73. The van der Waals surface area contributed by atoms with Gasteiger partial charge in [-0.25, -0.2) is 0 Å². The summed E-state index contributed by atoms with van der Waals surface area (Å²) in [6, 6.07) is 6.01. The molecule has 2 fully saturated rings. The van der Waals surface area contributed by atoms with Crippen molar-refractivity contribution in [1.82, 2.24) is 9.88 Å². The summed E-state index contributed by atoms with van der Waals surface area (Å²) in [5.74, 6) is 1.40. The Hall–Kier alpha value is -1.88. The highest BCUT2D eigenvalue weighted by molar-refractivity contribution is 7.12. The van der Waals surface area contributed by atoms with Crippen molar-refractivity contribution in [3.05, 3.63) is 46.4 Å². The topological polar surface area (TPSA) is 42.4 Å². The third-order valence-corrected chi connectivity index (χ3v) is 5.74. The van der Waals surface area contributed by atoms with Gasteiger partial charge in [-0.1, -0.05) is 0 Å². The summed E-state index contributed by atoms with van der Waals surface area (Å²) >= 11 is 1.54. The van der Waals surface area contributed by atoms with Crippen LogP contribution in [-0.2, 0) is 0 Å². The Bertz CT molecular complexity index is 685. The fraction of sp³-hybridized carbons (Fsp3) is 0.412. The molecular weight excluding hydrogens is 296 g/mol. The number of fused-ring (bicyclic) bond motifs is 2. The molecule has 0 spiro atoms. The number of thiophene rings is 1. The number of pyridine rings is 1. The van der Waals surface area contributed by atoms with Gasteiger partial charge >= 0.3 is 0 Å². The molecule has 4 rings (SSSR count). The number of carbonyl (C=O) groups excluding carboxylic acids is 1. The summed E-state index contributed by atoms with van der Waals surface area (Å²) < 4.78 is 6.14. The molecule has 2 aliphatic rings. The van der Waals surface area contributed by atoms with Crippen molar-refractivity contribution < 1.29 is 9.53 Å². The van der Waals surface area contributed by atoms with Crippen LogP contribution in [0.3, 0.4) is 0 Å². The zero-order valence-corrected chi connectivity index (χ0v) is 13.3. The minimum absolute atomic E-state index is 0.105. The first-order valence-electron chi connectivity index (χ1n) is 7.66. The van der Waals surface area contributed by atoms with Gasteiger partial charge in [0.05, 0.1) is 17.1 Å². The standard InChI is InChI=1S/C17H18N2O2S/c1-11-6-8-22-16(11)17(20)19-10-12-4-5-14(19)15(12)21-13-3-2-7-18-9-13/h2-3,6-9,12,14-15H,4-5,10H2,1H3/t12-,14+,15-/m1/s1. The van der Waals surface area contributed by atoms with E-state index in [1.165, 1.54) is 11.3 Å². The first-order valence-corrected chi connectivity index (χ1v) is 8.54. The van der Waals surface area contributed by atoms with Crippen molar-refractivity contribution in [3.63, 3.8) is 0 Å². The molecule has 5 heteroatoms. The third kappa shape index (κ3) is 2.20. The lowest BCUT2D eigenvalue weighted by Gasteiger charge is -2.27. The van der Waals surface area contributed by atoms with E-state index in [0.717, 1.165) is 35.6 Å². The van der Waals surface area contributed by atoms with E-state index in [9.17, 15) is 4.79 Å². The van der Waals surface area contributed by atoms with Gasteiger partial charge in [-0.15, -0.1) is 11.3 Å². The molecule has 2 aromatic rings. The normalized spacial score (nSPS) is 26.4. The molecule has 22 heavy (non-hydrogen) atoms. The van der Waals surface area contributed by atoms with Crippen molar-refractivity contribution in [1.29, 1.82) is 0 Å². The van der Waals surface area contributed by atoms with E-state index in [0.29, 0.717) is 5.92 Å². The first-order chi connectivity index (χ1) is 10.7. The predicted octanol–water partition coefficient (Wildman–Crippen LogP) is 3.13. The van der Waals surface area contributed by atoms with Gasteiger partial charge in [-0.05, 0) is 48.9 Å². The number of nitrogens with zero attached hydrogens (tertiary/aromatic N) is 2. The molecule has 3 atom stereocenters. The van der Waals surface area contributed by atoms with Gasteiger partial charge in [0.15, 0.2) is 0 Å². The van der Waals surface area contributed by atoms with Crippen molar-refractivity contribution in [2.24, 2.45) is 5.92 Å². The molecule has 4 nitrogen and oxygen atoms in total. The van der Waals surface area contributed by atoms with Gasteiger partial charge in [0.1, 0.15) is 11.9 Å². The monoisotopic (exact) mass is 314 g/mol. The number of hydrogen-bond donors (Lipinski definition) is 0. The van der Waals surface area contributed by atoms with E-state index in [-0.39, 0.29) is 18.1 Å². The minimum Gasteiger partial charge on any atom is -0.486 e. The molecular formula is C17H18N2O2S. The maximum atomic E-state index is 12.8. The van der Waals surface area contributed by atoms with Crippen LogP contribution >= 0.6 is 11.3 Å². The molecule has 0 aromatic carbocycles. The van der Waals surface area contributed by atoms with E-state index in [4.69, 9.17) is 4.74 Å². The molecule has 114 valence electrons. The van der Waals surface area contributed by atoms with Crippen LogP contribution in [0.1, 0.15) is 28.1 Å². The smallest absolute Gasteiger partial charge is 0.264 e. The van der Waals surface area contributed by atoms with Crippen LogP contribution in [-0.4, -0.2) is 34.5 Å². The van der Waals surface area contributed by atoms with Crippen molar-refractivity contribution in [2.75, 3.05) is 6.54 Å². The summed E-state index contributed by atoms with van der Waals surface area (Å²) in [4.78, 5) is 19.8. The van der Waals surface area contributed by atoms with E-state index in [1.54, 1.807) is 12.4 Å². The van der Waals surface area contributed by atoms with Crippen molar-refractivity contribution >= 4 is 17.2 Å². The SMILES string of the molecule is Cc1ccsc1C(=O)N1C[C@H]2CC[C@H]1[C@@H]2Oc1cccnc1. The van der Waals surface area contributed by atoms with Crippen molar-refractivity contribution in [2.45, 2.75) is 31.9 Å². The number of rotatable bonds is 3. The number of likely N-dealkylation sites (tertiary alicyclic amines) is 1. The maximum absolute atomic E-state index is 12.8. The Morgan fingerprint density at radius 2 is 2.32 bits per heavy atom. The summed E-state index contributed by atoms with van der Waals surface area (Å²) in [6.45, 7) is 2.81. The summed E-state index contributed by atoms with van der Waals surface area (Å²) in [5.41, 5.74) is 1.07. The lowest BCUT2D eigenvalue weighted by molar-refractivity contribution is 0.0671. The van der Waals surface area contributed by atoms with Gasteiger partial charge < -0.3 is 9.64 Å². The van der Waals surface area contributed by atoms with Crippen LogP contribution in [0.15, 0.2) is 36.0 Å². The molecule has 2 bridgehead atoms. The summed E-state index contributed by atoms with van der Waals surface area (Å²) in [6.07, 6.45) is 5.77. The maximum Gasteiger partial charge on any atom is 0.264 e. The second kappa shape index (κ2) is 5.39. The average molecular weight is 314 g/mol. The van der Waals surface area contributed by atoms with Gasteiger partial charge in [0, 0.05) is 18.7 Å². The number of hydrogen-bond acceptors (Lipinski definition) is 4. The Labute approximate surface area is 133 Å². The Kier molecular flexibility index (Phi) is 3.37. The highest BCUT2D eigenvalue weighted by atomic mass is 32.1. The zero-order valence-electron chi connectivity index (χ0n) is 12.4. The van der Waals surface area contributed by atoms with E-state index in [2.05, 4.69) is 4.98 Å². The Balaban J connectivity index is 1.54. The second-order valence-corrected chi connectivity index (χ2v) is 6.98. The highest BCUT2D eigenvalue weighted by Crippen LogP contribution is 2.41. The number of ether oxygens (including phenoxy) is 1. The average Bonchev–Trinajstić information content (AvgIpc) is 3.23. The lowest BCUT2D eigenvalue weighted by atomic mass is 10.1. The Morgan fingerprint density at radius 1 is 1.41 bits per heavy atom. The zero-order chi connectivity index (χ0) is 15.1. The number of carbonyl (C=O) groups is 1. The number of aromatic nitrogens is 1. The lowest BCUT2D eigenvalue weighted by Crippen LogP contribution is -2.40. The molecule has 0 radical (unpaired) electrons. The Morgan fingerprint density at radius 3 is 3.05 bits per heavy atom. The molecule has 1 aliphatic heterocycles. The van der Waals surface area contributed by atoms with Crippen LogP contribution in [0.2, 0.25) is 0 Å². The van der Waals surface area contributed by atoms with Crippen LogP contribution in [0.4, 0.5) is 0 Å². The molecule has 1 saturated heterocycles. The van der Waals surface area contributed by atoms with Gasteiger partial charge in [-0.3, -0.25) is 9.78 Å².